The summed E-state index contributed by atoms with van der Waals surface area (Å²) in [5.74, 6) is 3.88. The zero-order chi connectivity index (χ0) is 23.9. The van der Waals surface area contributed by atoms with E-state index in [9.17, 15) is 0 Å². The van der Waals surface area contributed by atoms with Crippen molar-refractivity contribution in [3.63, 3.8) is 0 Å². The molecule has 1 unspecified atom stereocenters. The number of pyridine rings is 1. The molecule has 1 aliphatic carbocycles. The number of H-pyrrole nitrogens is 1. The summed E-state index contributed by atoms with van der Waals surface area (Å²) in [6.07, 6.45) is 12.6. The van der Waals surface area contributed by atoms with Crippen LogP contribution in [-0.4, -0.2) is 59.7 Å². The number of piperidine rings is 1. The van der Waals surface area contributed by atoms with Gasteiger partial charge in [0.15, 0.2) is 0 Å². The smallest absolute Gasteiger partial charge is 0.146 e. The maximum Gasteiger partial charge on any atom is 0.146 e. The molecule has 1 atom stereocenters. The maximum absolute atomic E-state index is 4.70. The first kappa shape index (κ1) is 24.5. The van der Waals surface area contributed by atoms with Gasteiger partial charge in [0.25, 0.3) is 0 Å². The third-order valence-electron chi connectivity index (χ3n) is 7.25. The molecule has 8 heteroatoms. The second-order valence-electron chi connectivity index (χ2n) is 9.42. The molecule has 0 radical (unpaired) electrons. The van der Waals surface area contributed by atoms with Crippen molar-refractivity contribution < 1.29 is 1.43 Å². The molecule has 1 fully saturated rings. The van der Waals surface area contributed by atoms with Crippen LogP contribution < -0.4 is 0 Å². The number of aromatic amines is 1. The number of likely N-dealkylation sites (tertiary alicyclic amines) is 1. The van der Waals surface area contributed by atoms with Crippen LogP contribution in [0.4, 0.5) is 0 Å². The normalized spacial score (nSPS) is 19.0. The molecule has 0 bridgehead atoms. The Bertz CT molecular complexity index is 1010. The van der Waals surface area contributed by atoms with E-state index in [4.69, 9.17) is 4.98 Å². The highest BCUT2D eigenvalue weighted by molar-refractivity contribution is 5.25. The van der Waals surface area contributed by atoms with E-state index in [1.54, 1.807) is 0 Å². The molecular weight excluding hydrogens is 424 g/mol. The van der Waals surface area contributed by atoms with Gasteiger partial charge in [-0.25, -0.2) is 4.98 Å². The third-order valence-corrected chi connectivity index (χ3v) is 7.25. The van der Waals surface area contributed by atoms with E-state index in [1.165, 1.54) is 30.5 Å². The van der Waals surface area contributed by atoms with Gasteiger partial charge in [-0.1, -0.05) is 19.9 Å². The van der Waals surface area contributed by atoms with Gasteiger partial charge < -0.3 is 9.55 Å². The Morgan fingerprint density at radius 2 is 1.88 bits per heavy atom. The summed E-state index contributed by atoms with van der Waals surface area (Å²) in [4.78, 5) is 17.1. The number of imidazole rings is 1. The van der Waals surface area contributed by atoms with Gasteiger partial charge in [-0.15, -0.1) is 10.2 Å². The number of rotatable bonds is 7. The molecule has 1 saturated heterocycles. The molecule has 1 N–H and O–H groups in total. The van der Waals surface area contributed by atoms with Gasteiger partial charge in [0.05, 0.1) is 24.8 Å². The minimum absolute atomic E-state index is 0. The van der Waals surface area contributed by atoms with Gasteiger partial charge in [-0.2, -0.15) is 0 Å². The Morgan fingerprint density at radius 3 is 2.65 bits per heavy atom. The molecule has 0 amide bonds. The van der Waals surface area contributed by atoms with Crippen LogP contribution in [0.15, 0.2) is 30.7 Å². The number of hydrogen-bond acceptors (Lipinski definition) is 6. The van der Waals surface area contributed by atoms with Crippen LogP contribution in [0, 0.1) is 5.92 Å². The lowest BCUT2D eigenvalue weighted by Gasteiger charge is -2.32. The standard InChI is InChI=1S/C24H34N8.C2H6.H2/c1-30(20-7-3-5-19-6-4-10-27-24(19)20)17-23-29-28-22(31(23)2)15-18-8-13-32(14-9-18)16-21-25-11-12-26-21;1-2;/h4,6,10-12,18,20H,3,5,7-9,13-17H2,1-2H3,(H,25,26);1-2H3;1H. The van der Waals surface area contributed by atoms with Crippen LogP contribution in [-0.2, 0) is 33.0 Å². The van der Waals surface area contributed by atoms with Gasteiger partial charge in [-0.3, -0.25) is 14.8 Å². The number of nitrogens with zero attached hydrogens (tertiary/aromatic N) is 7. The van der Waals surface area contributed by atoms with E-state index in [-0.39, 0.29) is 1.43 Å². The summed E-state index contributed by atoms with van der Waals surface area (Å²) in [5, 5.41) is 9.14. The van der Waals surface area contributed by atoms with Gasteiger partial charge in [-0.05, 0) is 69.8 Å². The predicted molar refractivity (Wildman–Crippen MR) is 136 cm³/mol. The lowest BCUT2D eigenvalue weighted by atomic mass is 9.91. The van der Waals surface area contributed by atoms with E-state index in [0.29, 0.717) is 12.0 Å². The van der Waals surface area contributed by atoms with Crippen molar-refractivity contribution in [2.45, 2.75) is 71.5 Å². The van der Waals surface area contributed by atoms with Crippen LogP contribution in [0.1, 0.15) is 75.7 Å². The topological polar surface area (TPSA) is 78.8 Å². The third kappa shape index (κ3) is 5.73. The van der Waals surface area contributed by atoms with E-state index >= 15 is 0 Å². The Morgan fingerprint density at radius 1 is 1.09 bits per heavy atom. The molecular formula is C26H42N8. The molecule has 3 aromatic rings. The van der Waals surface area contributed by atoms with Crippen LogP contribution in [0.3, 0.4) is 0 Å². The maximum atomic E-state index is 4.70. The average molecular weight is 467 g/mol. The van der Waals surface area contributed by atoms with Crippen LogP contribution in [0.2, 0.25) is 0 Å². The van der Waals surface area contributed by atoms with Crippen molar-refractivity contribution in [2.75, 3.05) is 20.1 Å². The fourth-order valence-corrected chi connectivity index (χ4v) is 5.26. The summed E-state index contributed by atoms with van der Waals surface area (Å²) in [5.41, 5.74) is 2.64. The van der Waals surface area contributed by atoms with Gasteiger partial charge >= 0.3 is 0 Å². The molecule has 0 spiro atoms. The van der Waals surface area contributed by atoms with E-state index < -0.39 is 0 Å². The number of fused-ring (bicyclic) bond motifs is 1. The number of hydrogen-bond donors (Lipinski definition) is 1. The van der Waals surface area contributed by atoms with E-state index in [2.05, 4.69) is 60.8 Å². The second kappa shape index (κ2) is 11.7. The highest BCUT2D eigenvalue weighted by Gasteiger charge is 2.27. The molecule has 8 nitrogen and oxygen atoms in total. The molecule has 186 valence electrons. The van der Waals surface area contributed by atoms with Gasteiger partial charge in [0, 0.05) is 33.5 Å². The summed E-state index contributed by atoms with van der Waals surface area (Å²) in [6, 6.07) is 4.64. The molecule has 34 heavy (non-hydrogen) atoms. The number of aryl methyl sites for hydroxylation is 1. The first-order chi connectivity index (χ1) is 16.7. The van der Waals surface area contributed by atoms with Crippen molar-refractivity contribution in [3.8, 4) is 0 Å². The molecule has 2 aliphatic rings. The molecule has 0 aromatic carbocycles. The highest BCUT2D eigenvalue weighted by atomic mass is 15.3. The molecule has 3 aromatic heterocycles. The highest BCUT2D eigenvalue weighted by Crippen LogP contribution is 2.32. The van der Waals surface area contributed by atoms with Gasteiger partial charge in [0.2, 0.25) is 0 Å². The Hall–Kier alpha value is -2.58. The zero-order valence-corrected chi connectivity index (χ0v) is 21.2. The average Bonchev–Trinajstić information content (AvgIpc) is 3.51. The second-order valence-corrected chi connectivity index (χ2v) is 9.42. The lowest BCUT2D eigenvalue weighted by Crippen LogP contribution is -2.34. The van der Waals surface area contributed by atoms with E-state index in [0.717, 1.165) is 62.9 Å². The summed E-state index contributed by atoms with van der Waals surface area (Å²) in [7, 11) is 4.31. The van der Waals surface area contributed by atoms with Crippen molar-refractivity contribution in [1.29, 1.82) is 0 Å². The van der Waals surface area contributed by atoms with Gasteiger partial charge in [0.1, 0.15) is 17.5 Å². The minimum atomic E-state index is 0. The lowest BCUT2D eigenvalue weighted by molar-refractivity contribution is 0.172. The SMILES string of the molecule is CC.CN(Cc1nnc(CC2CCN(Cc3ncc[nH]3)CC2)n1C)C1CCCc2cccnc21.[HH]. The van der Waals surface area contributed by atoms with Crippen molar-refractivity contribution >= 4 is 0 Å². The summed E-state index contributed by atoms with van der Waals surface area (Å²) in [6.45, 7) is 7.95. The summed E-state index contributed by atoms with van der Waals surface area (Å²) >= 11 is 0. The molecule has 1 aliphatic heterocycles. The van der Waals surface area contributed by atoms with Crippen molar-refractivity contribution in [1.82, 2.24) is 39.5 Å². The minimum Gasteiger partial charge on any atom is -0.348 e. The van der Waals surface area contributed by atoms with E-state index in [1.807, 2.05) is 32.4 Å². The first-order valence-electron chi connectivity index (χ1n) is 12.9. The Labute approximate surface area is 205 Å². The quantitative estimate of drug-likeness (QED) is 0.563. The van der Waals surface area contributed by atoms with Crippen molar-refractivity contribution in [2.24, 2.45) is 13.0 Å². The monoisotopic (exact) mass is 466 g/mol. The van der Waals surface area contributed by atoms with Crippen LogP contribution in [0.5, 0.6) is 0 Å². The molecule has 0 saturated carbocycles. The number of nitrogens with one attached hydrogen (secondary N) is 1. The fourth-order valence-electron chi connectivity index (χ4n) is 5.26. The summed E-state index contributed by atoms with van der Waals surface area (Å²) < 4.78 is 2.22. The first-order valence-corrected chi connectivity index (χ1v) is 12.9. The fraction of sp³-hybridized carbons (Fsp3) is 0.615. The Balaban J connectivity index is 0.00000111. The molecule has 5 rings (SSSR count). The van der Waals surface area contributed by atoms with Crippen LogP contribution in [0.25, 0.3) is 0 Å². The molecule has 4 heterocycles. The van der Waals surface area contributed by atoms with Crippen LogP contribution >= 0.6 is 0 Å². The predicted octanol–water partition coefficient (Wildman–Crippen LogP) is 4.17. The zero-order valence-electron chi connectivity index (χ0n) is 21.2. The Kier molecular flexibility index (Phi) is 8.45. The largest absolute Gasteiger partial charge is 0.348 e. The van der Waals surface area contributed by atoms with Crippen molar-refractivity contribution in [3.05, 3.63) is 59.5 Å². The number of aromatic nitrogens is 6.